The second kappa shape index (κ2) is 6.60. The van der Waals surface area contributed by atoms with Crippen molar-refractivity contribution in [1.82, 2.24) is 19.9 Å². The molecule has 0 amide bonds. The van der Waals surface area contributed by atoms with Gasteiger partial charge in [0.05, 0.1) is 18.9 Å². The smallest absolute Gasteiger partial charge is 0.192 e. The van der Waals surface area contributed by atoms with Crippen LogP contribution in [0.25, 0.3) is 11.2 Å². The van der Waals surface area contributed by atoms with E-state index in [4.69, 9.17) is 19.6 Å². The Morgan fingerprint density at radius 2 is 1.97 bits per heavy atom. The minimum Gasteiger partial charge on any atom is -0.413 e. The highest BCUT2D eigenvalue weighted by Gasteiger charge is 2.51. The lowest BCUT2D eigenvalue weighted by molar-refractivity contribution is -0.146. The maximum atomic E-state index is 6.47. The van der Waals surface area contributed by atoms with Gasteiger partial charge in [0.15, 0.2) is 25.6 Å². The molecule has 0 spiro atoms. The lowest BCUT2D eigenvalue weighted by Gasteiger charge is -2.36. The summed E-state index contributed by atoms with van der Waals surface area (Å²) < 4.78 is 18.9. The van der Waals surface area contributed by atoms with Gasteiger partial charge in [-0.05, 0) is 37.6 Å². The summed E-state index contributed by atoms with van der Waals surface area (Å²) in [5.74, 6) is 0.145. The Morgan fingerprint density at radius 1 is 1.24 bits per heavy atom. The Kier molecular flexibility index (Phi) is 4.65. The van der Waals surface area contributed by atoms with Crippen LogP contribution in [0.15, 0.2) is 18.0 Å². The Bertz CT molecular complexity index is 963. The van der Waals surface area contributed by atoms with Crippen LogP contribution in [0.2, 0.25) is 18.1 Å². The Balaban J connectivity index is 1.66. The van der Waals surface area contributed by atoms with Crippen molar-refractivity contribution in [3.05, 3.63) is 23.8 Å². The highest BCUT2D eigenvalue weighted by atomic mass is 28.4. The molecule has 1 fully saturated rings. The van der Waals surface area contributed by atoms with Gasteiger partial charge in [0.2, 0.25) is 0 Å². The molecule has 0 aromatic carbocycles. The van der Waals surface area contributed by atoms with Crippen molar-refractivity contribution in [2.75, 3.05) is 12.3 Å². The highest BCUT2D eigenvalue weighted by molar-refractivity contribution is 6.74. The summed E-state index contributed by atoms with van der Waals surface area (Å²) in [5, 5.41) is 0.139. The maximum Gasteiger partial charge on any atom is 0.192 e. The number of nitrogen functional groups attached to an aromatic ring is 1. The van der Waals surface area contributed by atoms with E-state index in [2.05, 4.69) is 59.9 Å². The highest BCUT2D eigenvalue weighted by Crippen LogP contribution is 2.45. The number of aromatic amines is 1. The molecule has 29 heavy (non-hydrogen) atoms. The molecule has 0 radical (unpaired) electrons. The molecular weight excluding hydrogens is 386 g/mol. The molecular formula is C20H31N5O3Si. The van der Waals surface area contributed by atoms with E-state index in [-0.39, 0.29) is 23.2 Å². The third kappa shape index (κ3) is 3.61. The number of imidazole rings is 1. The number of ether oxygens (including phenoxy) is 2. The summed E-state index contributed by atoms with van der Waals surface area (Å²) in [6, 6.07) is 0. The first kappa shape index (κ1) is 20.5. The Hall–Kier alpha value is -1.81. The molecule has 1 aliphatic carbocycles. The van der Waals surface area contributed by atoms with Gasteiger partial charge in [-0.15, -0.1) is 0 Å². The van der Waals surface area contributed by atoms with Gasteiger partial charge in [-0.25, -0.2) is 15.0 Å². The van der Waals surface area contributed by atoms with E-state index >= 15 is 0 Å². The molecule has 9 heteroatoms. The molecule has 2 aromatic heterocycles. The molecule has 4 rings (SSSR count). The molecule has 0 unspecified atom stereocenters. The minimum absolute atomic E-state index is 0.139. The number of rotatable bonds is 4. The van der Waals surface area contributed by atoms with Crippen LogP contribution in [0.1, 0.15) is 46.4 Å². The van der Waals surface area contributed by atoms with E-state index in [1.807, 2.05) is 13.8 Å². The number of nitrogens with two attached hydrogens (primary N) is 1. The van der Waals surface area contributed by atoms with Gasteiger partial charge < -0.3 is 24.6 Å². The Labute approximate surface area is 172 Å². The van der Waals surface area contributed by atoms with Crippen LogP contribution in [-0.2, 0) is 13.9 Å². The number of aromatic nitrogens is 4. The zero-order valence-corrected chi connectivity index (χ0v) is 19.2. The Morgan fingerprint density at radius 3 is 2.66 bits per heavy atom. The first-order chi connectivity index (χ1) is 13.4. The van der Waals surface area contributed by atoms with Crippen molar-refractivity contribution in [2.45, 2.75) is 76.7 Å². The molecule has 2 aromatic rings. The first-order valence-electron chi connectivity index (χ1n) is 10.0. The average molecular weight is 418 g/mol. The van der Waals surface area contributed by atoms with E-state index < -0.39 is 14.1 Å². The van der Waals surface area contributed by atoms with Crippen LogP contribution in [0.4, 0.5) is 5.82 Å². The van der Waals surface area contributed by atoms with Gasteiger partial charge in [0.25, 0.3) is 0 Å². The van der Waals surface area contributed by atoms with E-state index in [0.29, 0.717) is 29.4 Å². The zero-order chi connectivity index (χ0) is 21.2. The summed E-state index contributed by atoms with van der Waals surface area (Å²) in [5.41, 5.74) is 8.41. The minimum atomic E-state index is -1.89. The lowest BCUT2D eigenvalue weighted by Crippen LogP contribution is -2.41. The van der Waals surface area contributed by atoms with Crippen molar-refractivity contribution in [2.24, 2.45) is 0 Å². The van der Waals surface area contributed by atoms with E-state index in [1.165, 1.54) is 0 Å². The summed E-state index contributed by atoms with van der Waals surface area (Å²) in [6.45, 7) is 15.6. The van der Waals surface area contributed by atoms with Crippen molar-refractivity contribution < 1.29 is 13.9 Å². The normalized spacial score (nSPS) is 26.7. The van der Waals surface area contributed by atoms with E-state index in [0.717, 1.165) is 5.57 Å². The van der Waals surface area contributed by atoms with Crippen LogP contribution in [0.5, 0.6) is 0 Å². The van der Waals surface area contributed by atoms with Crippen LogP contribution in [0.3, 0.4) is 0 Å². The topological polar surface area (TPSA) is 108 Å². The van der Waals surface area contributed by atoms with Gasteiger partial charge in [-0.2, -0.15) is 0 Å². The second-order valence-corrected chi connectivity index (χ2v) is 14.7. The van der Waals surface area contributed by atoms with Crippen LogP contribution >= 0.6 is 0 Å². The number of H-pyrrole nitrogens is 1. The molecule has 1 aliphatic heterocycles. The number of fused-ring (bicyclic) bond motifs is 2. The molecule has 3 N–H and O–H groups in total. The largest absolute Gasteiger partial charge is 0.413 e. The number of nitrogens with zero attached hydrogens (tertiary/aromatic N) is 3. The molecule has 8 nitrogen and oxygen atoms in total. The van der Waals surface area contributed by atoms with Crippen molar-refractivity contribution in [1.29, 1.82) is 0 Å². The van der Waals surface area contributed by atoms with Crippen LogP contribution in [-0.4, -0.2) is 52.9 Å². The summed E-state index contributed by atoms with van der Waals surface area (Å²) in [4.78, 5) is 16.4. The van der Waals surface area contributed by atoms with Crippen LogP contribution < -0.4 is 5.73 Å². The molecule has 3 heterocycles. The van der Waals surface area contributed by atoms with Crippen molar-refractivity contribution in [3.63, 3.8) is 0 Å². The zero-order valence-electron chi connectivity index (χ0n) is 18.2. The van der Waals surface area contributed by atoms with Crippen molar-refractivity contribution in [3.8, 4) is 0 Å². The molecule has 2 aliphatic rings. The van der Waals surface area contributed by atoms with Gasteiger partial charge >= 0.3 is 0 Å². The molecule has 1 saturated heterocycles. The predicted molar refractivity (Wildman–Crippen MR) is 114 cm³/mol. The maximum absolute atomic E-state index is 6.47. The van der Waals surface area contributed by atoms with Gasteiger partial charge in [-0.1, -0.05) is 26.8 Å². The number of hydrogen-bond acceptors (Lipinski definition) is 7. The summed E-state index contributed by atoms with van der Waals surface area (Å²) >= 11 is 0. The number of anilines is 1. The van der Waals surface area contributed by atoms with Gasteiger partial charge in [0, 0.05) is 0 Å². The quantitative estimate of drug-likeness (QED) is 0.579. The van der Waals surface area contributed by atoms with Gasteiger partial charge in [-0.3, -0.25) is 0 Å². The van der Waals surface area contributed by atoms with Crippen molar-refractivity contribution >= 4 is 25.3 Å². The fraction of sp³-hybridized carbons (Fsp3) is 0.650. The number of hydrogen-bond donors (Lipinski definition) is 2. The molecule has 158 valence electrons. The summed E-state index contributed by atoms with van der Waals surface area (Å²) in [6.07, 6.45) is 3.31. The van der Waals surface area contributed by atoms with Crippen LogP contribution in [0, 0.1) is 0 Å². The first-order valence-corrected chi connectivity index (χ1v) is 13.0. The summed E-state index contributed by atoms with van der Waals surface area (Å²) in [7, 11) is -1.89. The second-order valence-electron chi connectivity index (χ2n) is 9.91. The molecule has 0 saturated carbocycles. The van der Waals surface area contributed by atoms with Gasteiger partial charge in [0.1, 0.15) is 23.5 Å². The SMILES string of the molecule is CC1(C)O[C@@H]2[C@H](O1)C(CO[Si](C)(C)C(C)(C)C)=C[C@@H]2c1nc(N)c2[nH]cnc2n1. The molecule has 0 bridgehead atoms. The third-order valence-electron chi connectivity index (χ3n) is 6.28. The fourth-order valence-corrected chi connectivity index (χ4v) is 4.57. The van der Waals surface area contributed by atoms with E-state index in [9.17, 15) is 0 Å². The lowest BCUT2D eigenvalue weighted by atomic mass is 10.0. The molecule has 3 atom stereocenters. The predicted octanol–water partition coefficient (Wildman–Crippen LogP) is 3.50. The monoisotopic (exact) mass is 417 g/mol. The van der Waals surface area contributed by atoms with E-state index in [1.54, 1.807) is 6.33 Å². The number of nitrogens with one attached hydrogen (secondary N) is 1. The third-order valence-corrected chi connectivity index (χ3v) is 10.8. The standard InChI is InChI=1S/C20H31N5O3Si/c1-19(2,3)29(6,7)26-9-11-8-12(15-14(11)27-20(4,5)28-15)17-24-16(21)13-18(25-17)23-10-22-13/h8,10,12,14-15H,9H2,1-7H3,(H3,21,22,23,24,25)/t12-,14+,15-/m0/s1. The average Bonchev–Trinajstić information content (AvgIpc) is 3.25. The fourth-order valence-electron chi connectivity index (χ4n) is 3.61.